The van der Waals surface area contributed by atoms with Gasteiger partial charge in [0.1, 0.15) is 5.69 Å². The number of aromatic nitrogens is 4. The van der Waals surface area contributed by atoms with Gasteiger partial charge in [0.25, 0.3) is 5.91 Å². The second-order valence-corrected chi connectivity index (χ2v) is 7.65. The monoisotopic (exact) mass is 356 g/mol. The highest BCUT2D eigenvalue weighted by molar-refractivity contribution is 5.92. The van der Waals surface area contributed by atoms with Crippen LogP contribution in [0.1, 0.15) is 53.2 Å². The normalized spacial score (nSPS) is 22.9. The molecule has 4 rings (SSSR count). The number of likely N-dealkylation sites (tertiary alicyclic amines) is 2. The SMILES string of the molecule is Cc1cnc(C(=O)N2CCC3(CC2)CC(c2nc(C)no2)N(C)C3)cn1. The molecule has 2 aromatic heterocycles. The molecule has 1 amide bonds. The molecule has 0 aromatic carbocycles. The molecule has 0 radical (unpaired) electrons. The van der Waals surface area contributed by atoms with Crippen molar-refractivity contribution in [2.75, 3.05) is 26.7 Å². The maximum Gasteiger partial charge on any atom is 0.274 e. The lowest BCUT2D eigenvalue weighted by Gasteiger charge is -2.39. The summed E-state index contributed by atoms with van der Waals surface area (Å²) in [5.74, 6) is 1.35. The maximum absolute atomic E-state index is 12.6. The Balaban J connectivity index is 1.41. The van der Waals surface area contributed by atoms with Gasteiger partial charge in [-0.1, -0.05) is 5.16 Å². The molecule has 0 bridgehead atoms. The molecule has 1 spiro atoms. The highest BCUT2D eigenvalue weighted by Crippen LogP contribution is 2.47. The first kappa shape index (κ1) is 17.1. The number of aryl methyl sites for hydroxylation is 2. The Bertz CT molecular complexity index is 794. The average Bonchev–Trinajstić information content (AvgIpc) is 3.19. The van der Waals surface area contributed by atoms with Crippen molar-refractivity contribution in [3.8, 4) is 0 Å². The summed E-state index contributed by atoms with van der Waals surface area (Å²) in [7, 11) is 2.11. The van der Waals surface area contributed by atoms with Gasteiger partial charge in [-0.15, -0.1) is 0 Å². The van der Waals surface area contributed by atoms with E-state index in [1.165, 1.54) is 0 Å². The lowest BCUT2D eigenvalue weighted by molar-refractivity contribution is 0.0587. The standard InChI is InChI=1S/C18H24N6O2/c1-12-9-20-14(10-19-12)17(25)24-6-4-18(5-7-24)8-15(23(3)11-18)16-21-13(2)22-26-16/h9-10,15H,4-8,11H2,1-3H3. The predicted octanol–water partition coefficient (Wildman–Crippen LogP) is 1.78. The Kier molecular flexibility index (Phi) is 4.22. The van der Waals surface area contributed by atoms with Crippen LogP contribution >= 0.6 is 0 Å². The quantitative estimate of drug-likeness (QED) is 0.810. The molecule has 8 nitrogen and oxygen atoms in total. The Morgan fingerprint density at radius 3 is 2.62 bits per heavy atom. The van der Waals surface area contributed by atoms with Gasteiger partial charge in [-0.2, -0.15) is 4.98 Å². The summed E-state index contributed by atoms with van der Waals surface area (Å²) >= 11 is 0. The third-order valence-electron chi connectivity index (χ3n) is 5.68. The first-order valence-corrected chi connectivity index (χ1v) is 9.04. The molecular formula is C18H24N6O2. The van der Waals surface area contributed by atoms with Crippen molar-refractivity contribution in [2.24, 2.45) is 5.41 Å². The second kappa shape index (κ2) is 6.42. The molecule has 2 aliphatic heterocycles. The minimum absolute atomic E-state index is 0.0252. The number of piperidine rings is 1. The molecule has 8 heteroatoms. The van der Waals surface area contributed by atoms with E-state index in [0.717, 1.165) is 44.6 Å². The van der Waals surface area contributed by atoms with E-state index < -0.39 is 0 Å². The maximum atomic E-state index is 12.6. The van der Waals surface area contributed by atoms with Crippen LogP contribution in [0.4, 0.5) is 0 Å². The molecule has 138 valence electrons. The van der Waals surface area contributed by atoms with Crippen LogP contribution in [-0.2, 0) is 0 Å². The minimum Gasteiger partial charge on any atom is -0.338 e. The van der Waals surface area contributed by atoms with Crippen LogP contribution in [-0.4, -0.2) is 62.5 Å². The van der Waals surface area contributed by atoms with E-state index in [-0.39, 0.29) is 17.4 Å². The summed E-state index contributed by atoms with van der Waals surface area (Å²) < 4.78 is 5.40. The van der Waals surface area contributed by atoms with Crippen molar-refractivity contribution in [1.82, 2.24) is 29.9 Å². The van der Waals surface area contributed by atoms with Crippen LogP contribution in [0.25, 0.3) is 0 Å². The van der Waals surface area contributed by atoms with Crippen LogP contribution in [0.3, 0.4) is 0 Å². The average molecular weight is 356 g/mol. The number of carbonyl (C=O) groups excluding carboxylic acids is 1. The van der Waals surface area contributed by atoms with E-state index in [2.05, 4.69) is 32.1 Å². The van der Waals surface area contributed by atoms with Crippen molar-refractivity contribution in [3.63, 3.8) is 0 Å². The van der Waals surface area contributed by atoms with Crippen LogP contribution in [0.2, 0.25) is 0 Å². The Morgan fingerprint density at radius 1 is 1.23 bits per heavy atom. The van der Waals surface area contributed by atoms with Gasteiger partial charge < -0.3 is 9.42 Å². The fourth-order valence-electron chi connectivity index (χ4n) is 4.21. The molecule has 2 aromatic rings. The molecule has 4 heterocycles. The zero-order chi connectivity index (χ0) is 18.3. The predicted molar refractivity (Wildman–Crippen MR) is 93.4 cm³/mol. The third-order valence-corrected chi connectivity index (χ3v) is 5.68. The van der Waals surface area contributed by atoms with E-state index in [1.807, 2.05) is 18.7 Å². The Hall–Kier alpha value is -2.35. The van der Waals surface area contributed by atoms with Crippen LogP contribution < -0.4 is 0 Å². The highest BCUT2D eigenvalue weighted by atomic mass is 16.5. The Labute approximate surface area is 152 Å². The summed E-state index contributed by atoms with van der Waals surface area (Å²) in [4.78, 5) is 29.7. The minimum atomic E-state index is -0.0252. The third kappa shape index (κ3) is 3.09. The first-order chi connectivity index (χ1) is 12.5. The zero-order valence-corrected chi connectivity index (χ0v) is 15.5. The van der Waals surface area contributed by atoms with Crippen LogP contribution in [0, 0.1) is 19.3 Å². The molecule has 2 fully saturated rings. The van der Waals surface area contributed by atoms with E-state index in [9.17, 15) is 4.79 Å². The Morgan fingerprint density at radius 2 is 2.00 bits per heavy atom. The summed E-state index contributed by atoms with van der Waals surface area (Å²) in [5.41, 5.74) is 1.45. The summed E-state index contributed by atoms with van der Waals surface area (Å²) in [5, 5.41) is 3.93. The molecule has 0 N–H and O–H groups in total. The molecule has 1 unspecified atom stereocenters. The number of rotatable bonds is 2. The molecule has 26 heavy (non-hydrogen) atoms. The van der Waals surface area contributed by atoms with Crippen molar-refractivity contribution in [3.05, 3.63) is 35.5 Å². The fourth-order valence-corrected chi connectivity index (χ4v) is 4.21. The van der Waals surface area contributed by atoms with Crippen LogP contribution in [0.5, 0.6) is 0 Å². The van der Waals surface area contributed by atoms with Crippen molar-refractivity contribution in [1.29, 1.82) is 0 Å². The van der Waals surface area contributed by atoms with Gasteiger partial charge in [0.2, 0.25) is 5.89 Å². The van der Waals surface area contributed by atoms with Crippen molar-refractivity contribution >= 4 is 5.91 Å². The van der Waals surface area contributed by atoms with Gasteiger partial charge in [-0.05, 0) is 45.6 Å². The number of carbonyl (C=O) groups is 1. The molecule has 0 saturated carbocycles. The fraction of sp³-hybridized carbons (Fsp3) is 0.611. The lowest BCUT2D eigenvalue weighted by atomic mass is 9.76. The molecule has 1 atom stereocenters. The summed E-state index contributed by atoms with van der Waals surface area (Å²) in [6.07, 6.45) is 6.16. The molecule has 0 aliphatic carbocycles. The van der Waals surface area contributed by atoms with E-state index in [4.69, 9.17) is 4.52 Å². The van der Waals surface area contributed by atoms with E-state index in [0.29, 0.717) is 17.4 Å². The van der Waals surface area contributed by atoms with Crippen molar-refractivity contribution in [2.45, 2.75) is 39.2 Å². The zero-order valence-electron chi connectivity index (χ0n) is 15.5. The second-order valence-electron chi connectivity index (χ2n) is 7.65. The topological polar surface area (TPSA) is 88.2 Å². The van der Waals surface area contributed by atoms with Gasteiger partial charge in [-0.25, -0.2) is 4.98 Å². The van der Waals surface area contributed by atoms with Gasteiger partial charge in [0.05, 0.1) is 17.9 Å². The number of hydrogen-bond donors (Lipinski definition) is 0. The van der Waals surface area contributed by atoms with Gasteiger partial charge in [0, 0.05) is 25.8 Å². The van der Waals surface area contributed by atoms with E-state index >= 15 is 0 Å². The summed E-state index contributed by atoms with van der Waals surface area (Å²) in [6, 6.07) is 0.168. The summed E-state index contributed by atoms with van der Waals surface area (Å²) in [6.45, 7) is 6.20. The molecule has 2 aliphatic rings. The van der Waals surface area contributed by atoms with E-state index in [1.54, 1.807) is 12.4 Å². The molecular weight excluding hydrogens is 332 g/mol. The van der Waals surface area contributed by atoms with Crippen molar-refractivity contribution < 1.29 is 9.32 Å². The van der Waals surface area contributed by atoms with Crippen LogP contribution in [0.15, 0.2) is 16.9 Å². The molecule has 2 saturated heterocycles. The number of amides is 1. The van der Waals surface area contributed by atoms with Gasteiger partial charge >= 0.3 is 0 Å². The smallest absolute Gasteiger partial charge is 0.274 e. The van der Waals surface area contributed by atoms with Gasteiger partial charge in [-0.3, -0.25) is 14.7 Å². The number of hydrogen-bond acceptors (Lipinski definition) is 7. The van der Waals surface area contributed by atoms with Gasteiger partial charge in [0.15, 0.2) is 5.82 Å². The number of nitrogens with zero attached hydrogens (tertiary/aromatic N) is 6. The first-order valence-electron chi connectivity index (χ1n) is 9.04. The largest absolute Gasteiger partial charge is 0.338 e. The lowest BCUT2D eigenvalue weighted by Crippen LogP contribution is -2.44. The highest BCUT2D eigenvalue weighted by Gasteiger charge is 2.47.